The zero-order valence-electron chi connectivity index (χ0n) is 23.0. The Kier molecular flexibility index (Phi) is 23.2. The van der Waals surface area contributed by atoms with Crippen molar-refractivity contribution in [3.8, 4) is 0 Å². The maximum absolute atomic E-state index is 2.47. The molecule has 0 bridgehead atoms. The van der Waals surface area contributed by atoms with E-state index in [1.807, 2.05) is 0 Å². The molecule has 0 nitrogen and oxygen atoms in total. The summed E-state index contributed by atoms with van der Waals surface area (Å²) in [4.78, 5) is 0. The Morgan fingerprint density at radius 3 is 0.806 bits per heavy atom. The molecule has 0 heteroatoms. The SMILES string of the molecule is CCCCCCCCCCCCCCCCCCC(CCCCCCCC)C(C)(C)C. The third-order valence-corrected chi connectivity index (χ3v) is 7.54. The van der Waals surface area contributed by atoms with Crippen molar-refractivity contribution in [2.24, 2.45) is 11.3 Å². The van der Waals surface area contributed by atoms with E-state index in [0.717, 1.165) is 5.92 Å². The predicted molar refractivity (Wildman–Crippen MR) is 145 cm³/mol. The fourth-order valence-corrected chi connectivity index (χ4v) is 5.12. The van der Waals surface area contributed by atoms with Crippen molar-refractivity contribution in [2.45, 2.75) is 189 Å². The van der Waals surface area contributed by atoms with Crippen LogP contribution in [0, 0.1) is 11.3 Å². The van der Waals surface area contributed by atoms with Crippen molar-refractivity contribution < 1.29 is 0 Å². The highest BCUT2D eigenvalue weighted by Crippen LogP contribution is 2.34. The van der Waals surface area contributed by atoms with Crippen LogP contribution < -0.4 is 0 Å². The minimum absolute atomic E-state index is 0.499. The summed E-state index contributed by atoms with van der Waals surface area (Å²) in [6, 6.07) is 0. The molecule has 0 spiro atoms. The van der Waals surface area contributed by atoms with E-state index in [-0.39, 0.29) is 0 Å². The Hall–Kier alpha value is 0. The Morgan fingerprint density at radius 1 is 0.355 bits per heavy atom. The van der Waals surface area contributed by atoms with E-state index >= 15 is 0 Å². The van der Waals surface area contributed by atoms with E-state index < -0.39 is 0 Å². The van der Waals surface area contributed by atoms with Crippen LogP contribution in [0.5, 0.6) is 0 Å². The number of unbranched alkanes of at least 4 members (excludes halogenated alkanes) is 20. The summed E-state index contributed by atoms with van der Waals surface area (Å²) < 4.78 is 0. The van der Waals surface area contributed by atoms with Crippen molar-refractivity contribution in [1.82, 2.24) is 0 Å². The highest BCUT2D eigenvalue weighted by molar-refractivity contribution is 4.74. The van der Waals surface area contributed by atoms with E-state index in [0.29, 0.717) is 5.41 Å². The molecule has 0 aliphatic heterocycles. The molecule has 188 valence electrons. The van der Waals surface area contributed by atoms with Gasteiger partial charge >= 0.3 is 0 Å². The Morgan fingerprint density at radius 2 is 0.581 bits per heavy atom. The molecular formula is C31H64. The second-order valence-electron chi connectivity index (χ2n) is 11.7. The largest absolute Gasteiger partial charge is 0.0654 e. The van der Waals surface area contributed by atoms with Gasteiger partial charge in [-0.3, -0.25) is 0 Å². The molecule has 0 heterocycles. The van der Waals surface area contributed by atoms with Gasteiger partial charge in [0.2, 0.25) is 0 Å². The summed E-state index contributed by atoms with van der Waals surface area (Å²) in [5, 5.41) is 0. The van der Waals surface area contributed by atoms with Crippen LogP contribution in [0.25, 0.3) is 0 Å². The van der Waals surface area contributed by atoms with Crippen molar-refractivity contribution >= 4 is 0 Å². The van der Waals surface area contributed by atoms with Crippen molar-refractivity contribution in [3.05, 3.63) is 0 Å². The first-order valence-corrected chi connectivity index (χ1v) is 15.0. The molecule has 0 N–H and O–H groups in total. The van der Waals surface area contributed by atoms with E-state index in [9.17, 15) is 0 Å². The van der Waals surface area contributed by atoms with Crippen LogP contribution in [-0.4, -0.2) is 0 Å². The quantitative estimate of drug-likeness (QED) is 0.132. The monoisotopic (exact) mass is 437 g/mol. The maximum Gasteiger partial charge on any atom is -0.0354 e. The summed E-state index contributed by atoms with van der Waals surface area (Å²) in [6.07, 6.45) is 35.1. The van der Waals surface area contributed by atoms with Crippen molar-refractivity contribution in [2.75, 3.05) is 0 Å². The molecule has 31 heavy (non-hydrogen) atoms. The first-order valence-electron chi connectivity index (χ1n) is 15.0. The van der Waals surface area contributed by atoms with Crippen molar-refractivity contribution in [1.29, 1.82) is 0 Å². The number of rotatable bonds is 24. The molecule has 0 aromatic heterocycles. The maximum atomic E-state index is 2.47. The molecule has 0 radical (unpaired) electrons. The average Bonchev–Trinajstić information content (AvgIpc) is 2.73. The summed E-state index contributed by atoms with van der Waals surface area (Å²) in [5.74, 6) is 0.935. The highest BCUT2D eigenvalue weighted by Gasteiger charge is 2.23. The standard InChI is InChI=1S/C31H64/c1-6-8-10-12-14-15-16-17-18-19-20-21-22-23-25-27-29-30(31(3,4)5)28-26-24-13-11-9-7-2/h30H,6-29H2,1-5H3. The number of hydrogen-bond acceptors (Lipinski definition) is 0. The fourth-order valence-electron chi connectivity index (χ4n) is 5.12. The Balaban J connectivity index is 3.47. The van der Waals surface area contributed by atoms with Gasteiger partial charge in [-0.2, -0.15) is 0 Å². The van der Waals surface area contributed by atoms with Crippen LogP contribution in [0.4, 0.5) is 0 Å². The zero-order chi connectivity index (χ0) is 23.0. The summed E-state index contributed by atoms with van der Waals surface area (Å²) in [5.41, 5.74) is 0.499. The lowest BCUT2D eigenvalue weighted by atomic mass is 9.75. The van der Waals surface area contributed by atoms with Gasteiger partial charge in [-0.05, 0) is 24.2 Å². The lowest BCUT2D eigenvalue weighted by Gasteiger charge is -2.31. The van der Waals surface area contributed by atoms with E-state index in [1.165, 1.54) is 154 Å². The second kappa shape index (κ2) is 23.2. The van der Waals surface area contributed by atoms with Gasteiger partial charge in [0.1, 0.15) is 0 Å². The summed E-state index contributed by atoms with van der Waals surface area (Å²) in [7, 11) is 0. The van der Waals surface area contributed by atoms with Crippen LogP contribution in [0.2, 0.25) is 0 Å². The summed E-state index contributed by atoms with van der Waals surface area (Å²) >= 11 is 0. The van der Waals surface area contributed by atoms with Gasteiger partial charge in [0, 0.05) is 0 Å². The van der Waals surface area contributed by atoms with E-state index in [4.69, 9.17) is 0 Å². The topological polar surface area (TPSA) is 0 Å². The molecule has 0 amide bonds. The minimum atomic E-state index is 0.499. The smallest absolute Gasteiger partial charge is 0.0354 e. The molecule has 1 unspecified atom stereocenters. The lowest BCUT2D eigenvalue weighted by Crippen LogP contribution is -2.20. The first kappa shape index (κ1) is 31.0. The molecule has 0 rings (SSSR count). The van der Waals surface area contributed by atoms with Gasteiger partial charge in [0.05, 0.1) is 0 Å². The molecule has 0 aromatic rings. The molecule has 0 fully saturated rings. The molecule has 0 saturated heterocycles. The molecule has 0 aliphatic rings. The number of hydrogen-bond donors (Lipinski definition) is 0. The zero-order valence-corrected chi connectivity index (χ0v) is 23.0. The first-order chi connectivity index (χ1) is 15.0. The van der Waals surface area contributed by atoms with Crippen LogP contribution in [0.15, 0.2) is 0 Å². The lowest BCUT2D eigenvalue weighted by molar-refractivity contribution is 0.201. The van der Waals surface area contributed by atoms with Crippen LogP contribution >= 0.6 is 0 Å². The van der Waals surface area contributed by atoms with Gasteiger partial charge < -0.3 is 0 Å². The van der Waals surface area contributed by atoms with Crippen LogP contribution in [0.1, 0.15) is 189 Å². The second-order valence-corrected chi connectivity index (χ2v) is 11.7. The molecular weight excluding hydrogens is 372 g/mol. The normalized spacial score (nSPS) is 13.1. The van der Waals surface area contributed by atoms with Crippen molar-refractivity contribution in [3.63, 3.8) is 0 Å². The minimum Gasteiger partial charge on any atom is -0.0654 e. The fraction of sp³-hybridized carbons (Fsp3) is 1.00. The third-order valence-electron chi connectivity index (χ3n) is 7.54. The molecule has 1 atom stereocenters. The molecule has 0 saturated carbocycles. The predicted octanol–water partition coefficient (Wildman–Crippen LogP) is 12.1. The highest BCUT2D eigenvalue weighted by atomic mass is 14.3. The van der Waals surface area contributed by atoms with Crippen LogP contribution in [0.3, 0.4) is 0 Å². The van der Waals surface area contributed by atoms with E-state index in [2.05, 4.69) is 34.6 Å². The average molecular weight is 437 g/mol. The van der Waals surface area contributed by atoms with Gasteiger partial charge in [-0.25, -0.2) is 0 Å². The van der Waals surface area contributed by atoms with Gasteiger partial charge in [0.25, 0.3) is 0 Å². The van der Waals surface area contributed by atoms with Crippen LogP contribution in [-0.2, 0) is 0 Å². The van der Waals surface area contributed by atoms with Gasteiger partial charge in [-0.1, -0.05) is 176 Å². The summed E-state index contributed by atoms with van der Waals surface area (Å²) in [6.45, 7) is 12.0. The molecule has 0 aromatic carbocycles. The van der Waals surface area contributed by atoms with E-state index in [1.54, 1.807) is 0 Å². The Bertz CT molecular complexity index is 323. The van der Waals surface area contributed by atoms with Gasteiger partial charge in [0.15, 0.2) is 0 Å². The van der Waals surface area contributed by atoms with Gasteiger partial charge in [-0.15, -0.1) is 0 Å². The molecule has 0 aliphatic carbocycles. The Labute approximate surface area is 200 Å². The third kappa shape index (κ3) is 23.0.